The van der Waals surface area contributed by atoms with Crippen LogP contribution in [0.1, 0.15) is 39.2 Å². The topological polar surface area (TPSA) is 87.3 Å². The molecule has 24 heavy (non-hydrogen) atoms. The second-order valence-electron chi connectivity index (χ2n) is 7.46. The molecule has 1 amide bonds. The lowest BCUT2D eigenvalue weighted by Gasteiger charge is -2.21. The number of anilines is 1. The van der Waals surface area contributed by atoms with Crippen LogP contribution >= 0.6 is 0 Å². The highest BCUT2D eigenvalue weighted by Gasteiger charge is 2.24. The van der Waals surface area contributed by atoms with Crippen molar-refractivity contribution in [1.82, 2.24) is 10.0 Å². The van der Waals surface area contributed by atoms with Crippen molar-refractivity contribution in [2.24, 2.45) is 5.92 Å². The van der Waals surface area contributed by atoms with Gasteiger partial charge in [-0.1, -0.05) is 6.07 Å². The number of nitrogens with one attached hydrogen (secondary N) is 3. The number of rotatable bonds is 7. The van der Waals surface area contributed by atoms with Crippen molar-refractivity contribution in [3.8, 4) is 0 Å². The molecule has 0 heterocycles. The van der Waals surface area contributed by atoms with Gasteiger partial charge in [0.05, 0.1) is 11.4 Å². The fourth-order valence-corrected chi connectivity index (χ4v) is 4.03. The molecule has 1 aliphatic carbocycles. The number of hydrogen-bond donors (Lipinski definition) is 3. The quantitative estimate of drug-likeness (QED) is 0.700. The molecule has 0 atom stereocenters. The second kappa shape index (κ2) is 7.21. The van der Waals surface area contributed by atoms with Gasteiger partial charge in [0.1, 0.15) is 0 Å². The van der Waals surface area contributed by atoms with Crippen molar-refractivity contribution in [2.45, 2.75) is 51.0 Å². The third-order valence-corrected chi connectivity index (χ3v) is 5.52. The molecule has 0 saturated heterocycles. The van der Waals surface area contributed by atoms with E-state index in [1.54, 1.807) is 39.8 Å². The van der Waals surface area contributed by atoms with E-state index in [9.17, 15) is 13.2 Å². The molecule has 1 aromatic rings. The minimum absolute atomic E-state index is 0.174. The Kier molecular flexibility index (Phi) is 5.67. The van der Waals surface area contributed by atoms with Gasteiger partial charge < -0.3 is 10.6 Å². The highest BCUT2D eigenvalue weighted by atomic mass is 32.2. The van der Waals surface area contributed by atoms with Gasteiger partial charge in [0, 0.05) is 11.2 Å². The molecule has 1 saturated carbocycles. The summed E-state index contributed by atoms with van der Waals surface area (Å²) in [5.74, 6) is 0.532. The van der Waals surface area contributed by atoms with E-state index in [4.69, 9.17) is 0 Å². The first-order chi connectivity index (χ1) is 11.1. The molecule has 7 heteroatoms. The van der Waals surface area contributed by atoms with Gasteiger partial charge in [-0.15, -0.1) is 0 Å². The number of carbonyl (C=O) groups excluding carboxylic acids is 1. The summed E-state index contributed by atoms with van der Waals surface area (Å²) in [4.78, 5) is 12.1. The summed E-state index contributed by atoms with van der Waals surface area (Å²) in [6.07, 6.45) is 2.46. The molecule has 0 radical (unpaired) electrons. The molecule has 0 unspecified atom stereocenters. The third-order valence-electron chi connectivity index (χ3n) is 3.62. The predicted molar refractivity (Wildman–Crippen MR) is 95.5 cm³/mol. The fourth-order valence-electron chi connectivity index (χ4n) is 2.34. The number of carbonyl (C=O) groups is 1. The van der Waals surface area contributed by atoms with Crippen LogP contribution in [0.15, 0.2) is 23.1 Å². The molecule has 134 valence electrons. The van der Waals surface area contributed by atoms with E-state index >= 15 is 0 Å². The molecule has 1 aliphatic rings. The summed E-state index contributed by atoms with van der Waals surface area (Å²) in [6.45, 7) is 8.19. The van der Waals surface area contributed by atoms with Crippen LogP contribution in [0.4, 0.5) is 5.69 Å². The molecular formula is C17H27N3O3S. The van der Waals surface area contributed by atoms with Crippen LogP contribution in [0.3, 0.4) is 0 Å². The van der Waals surface area contributed by atoms with E-state index in [1.165, 1.54) is 18.9 Å². The van der Waals surface area contributed by atoms with Gasteiger partial charge in [-0.05, 0) is 70.7 Å². The molecule has 3 N–H and O–H groups in total. The average Bonchev–Trinajstić information content (AvgIpc) is 3.22. The van der Waals surface area contributed by atoms with Gasteiger partial charge in [0.15, 0.2) is 0 Å². The van der Waals surface area contributed by atoms with E-state index in [0.717, 1.165) is 6.54 Å². The van der Waals surface area contributed by atoms with Crippen molar-refractivity contribution in [3.05, 3.63) is 23.8 Å². The highest BCUT2D eigenvalue weighted by molar-refractivity contribution is 7.89. The van der Waals surface area contributed by atoms with Crippen LogP contribution in [0.5, 0.6) is 0 Å². The van der Waals surface area contributed by atoms with E-state index in [1.807, 2.05) is 0 Å². The van der Waals surface area contributed by atoms with Gasteiger partial charge in [-0.25, -0.2) is 13.1 Å². The van der Waals surface area contributed by atoms with Crippen molar-refractivity contribution in [3.63, 3.8) is 0 Å². The van der Waals surface area contributed by atoms with Gasteiger partial charge in [-0.3, -0.25) is 4.79 Å². The zero-order valence-electron chi connectivity index (χ0n) is 14.8. The fraction of sp³-hybridized carbons (Fsp3) is 0.588. The summed E-state index contributed by atoms with van der Waals surface area (Å²) in [7, 11) is -3.64. The van der Waals surface area contributed by atoms with Crippen LogP contribution in [-0.4, -0.2) is 33.0 Å². The zero-order valence-corrected chi connectivity index (χ0v) is 15.6. The Labute approximate surface area is 144 Å². The van der Waals surface area contributed by atoms with Gasteiger partial charge in [-0.2, -0.15) is 0 Å². The monoisotopic (exact) mass is 353 g/mol. The summed E-state index contributed by atoms with van der Waals surface area (Å²) < 4.78 is 27.7. The van der Waals surface area contributed by atoms with E-state index in [2.05, 4.69) is 15.4 Å². The SMILES string of the molecule is Cc1ccc(NC(=O)CNCC2CC2)cc1S(=O)(=O)NC(C)(C)C. The number of benzene rings is 1. The van der Waals surface area contributed by atoms with Crippen LogP contribution in [0.25, 0.3) is 0 Å². The van der Waals surface area contributed by atoms with Crippen LogP contribution in [0, 0.1) is 12.8 Å². The maximum absolute atomic E-state index is 12.5. The molecule has 0 spiro atoms. The van der Waals surface area contributed by atoms with E-state index in [0.29, 0.717) is 17.2 Å². The highest BCUT2D eigenvalue weighted by Crippen LogP contribution is 2.27. The minimum Gasteiger partial charge on any atom is -0.325 e. The Morgan fingerprint density at radius 3 is 2.50 bits per heavy atom. The average molecular weight is 353 g/mol. The molecule has 0 aromatic heterocycles. The first-order valence-corrected chi connectivity index (χ1v) is 9.70. The van der Waals surface area contributed by atoms with Crippen LogP contribution < -0.4 is 15.4 Å². The number of aryl methyl sites for hydroxylation is 1. The molecule has 2 rings (SSSR count). The first-order valence-electron chi connectivity index (χ1n) is 8.22. The Morgan fingerprint density at radius 2 is 1.92 bits per heavy atom. The smallest absolute Gasteiger partial charge is 0.241 e. The van der Waals surface area contributed by atoms with Crippen molar-refractivity contribution < 1.29 is 13.2 Å². The predicted octanol–water partition coefficient (Wildman–Crippen LogP) is 2.01. The molecule has 0 aliphatic heterocycles. The van der Waals surface area contributed by atoms with Crippen molar-refractivity contribution >= 4 is 21.6 Å². The van der Waals surface area contributed by atoms with Gasteiger partial charge >= 0.3 is 0 Å². The minimum atomic E-state index is -3.64. The maximum Gasteiger partial charge on any atom is 0.241 e. The summed E-state index contributed by atoms with van der Waals surface area (Å²) in [6, 6.07) is 4.91. The molecule has 1 aromatic carbocycles. The van der Waals surface area contributed by atoms with Gasteiger partial charge in [0.2, 0.25) is 15.9 Å². The third kappa shape index (κ3) is 5.89. The largest absolute Gasteiger partial charge is 0.325 e. The van der Waals surface area contributed by atoms with E-state index < -0.39 is 15.6 Å². The molecule has 6 nitrogen and oxygen atoms in total. The van der Waals surface area contributed by atoms with Crippen LogP contribution in [0.2, 0.25) is 0 Å². The normalized spacial score (nSPS) is 15.3. The zero-order chi connectivity index (χ0) is 18.0. The number of sulfonamides is 1. The van der Waals surface area contributed by atoms with Crippen LogP contribution in [-0.2, 0) is 14.8 Å². The Balaban J connectivity index is 2.05. The molecule has 0 bridgehead atoms. The molecular weight excluding hydrogens is 326 g/mol. The summed E-state index contributed by atoms with van der Waals surface area (Å²) >= 11 is 0. The summed E-state index contributed by atoms with van der Waals surface area (Å²) in [5.41, 5.74) is 0.543. The number of amides is 1. The van der Waals surface area contributed by atoms with Crippen molar-refractivity contribution in [2.75, 3.05) is 18.4 Å². The number of hydrogen-bond acceptors (Lipinski definition) is 4. The Bertz CT molecular complexity index is 704. The van der Waals surface area contributed by atoms with Gasteiger partial charge in [0.25, 0.3) is 0 Å². The lowest BCUT2D eigenvalue weighted by molar-refractivity contribution is -0.115. The van der Waals surface area contributed by atoms with E-state index in [-0.39, 0.29) is 17.3 Å². The lowest BCUT2D eigenvalue weighted by atomic mass is 10.1. The molecule has 1 fully saturated rings. The Hall–Kier alpha value is -1.44. The first kappa shape index (κ1) is 18.9. The summed E-state index contributed by atoms with van der Waals surface area (Å²) in [5, 5.41) is 5.86. The lowest BCUT2D eigenvalue weighted by Crippen LogP contribution is -2.40. The standard InChI is InChI=1S/C17H27N3O3S/c1-12-5-8-14(19-16(21)11-18-10-13-6-7-13)9-15(12)24(22,23)20-17(2,3)4/h5,8-9,13,18,20H,6-7,10-11H2,1-4H3,(H,19,21). The Morgan fingerprint density at radius 1 is 1.25 bits per heavy atom. The maximum atomic E-state index is 12.5. The van der Waals surface area contributed by atoms with Crippen molar-refractivity contribution in [1.29, 1.82) is 0 Å². The second-order valence-corrected chi connectivity index (χ2v) is 9.11.